The monoisotopic (exact) mass is 290 g/mol. The number of aliphatic hydroxyl groups is 1. The van der Waals surface area contributed by atoms with Gasteiger partial charge in [0.2, 0.25) is 0 Å². The van der Waals surface area contributed by atoms with Crippen molar-refractivity contribution in [1.82, 2.24) is 4.90 Å². The molecule has 1 unspecified atom stereocenters. The van der Waals surface area contributed by atoms with E-state index < -0.39 is 6.10 Å². The molecule has 4 heteroatoms. The number of nitrogens with zero attached hydrogens (tertiary/aromatic N) is 1. The first-order valence-corrected chi connectivity index (χ1v) is 7.89. The summed E-state index contributed by atoms with van der Waals surface area (Å²) in [6.45, 7) is 4.91. The van der Waals surface area contributed by atoms with Gasteiger partial charge in [-0.05, 0) is 42.0 Å². The lowest BCUT2D eigenvalue weighted by Crippen LogP contribution is -2.35. The molecule has 1 atom stereocenters. The standard InChI is InChI=1S/C17H26N2O2/c1-4-6-12(7-5-2)16(20)13-8-9-15-14(10-13)11-19(3)17(21)18-15/h8-10,12,16,20H,4-7,11H2,1-3H3,(H,18,21). The van der Waals surface area contributed by atoms with E-state index in [0.717, 1.165) is 42.5 Å². The fraction of sp³-hybridized carbons (Fsp3) is 0.588. The maximum Gasteiger partial charge on any atom is 0.321 e. The van der Waals surface area contributed by atoms with Crippen LogP contribution in [0.5, 0.6) is 0 Å². The molecule has 0 fully saturated rings. The highest BCUT2D eigenvalue weighted by Gasteiger charge is 2.23. The molecule has 1 aliphatic heterocycles. The van der Waals surface area contributed by atoms with Crippen LogP contribution in [0.4, 0.5) is 10.5 Å². The third kappa shape index (κ3) is 3.56. The molecule has 0 aromatic heterocycles. The highest BCUT2D eigenvalue weighted by atomic mass is 16.3. The predicted octanol–water partition coefficient (Wildman–Crippen LogP) is 3.91. The Kier molecular flexibility index (Phi) is 5.23. The van der Waals surface area contributed by atoms with E-state index in [1.807, 2.05) is 18.2 Å². The molecule has 2 N–H and O–H groups in total. The fourth-order valence-electron chi connectivity index (χ4n) is 3.06. The summed E-state index contributed by atoms with van der Waals surface area (Å²) in [5.74, 6) is 0.314. The van der Waals surface area contributed by atoms with E-state index in [0.29, 0.717) is 12.5 Å². The van der Waals surface area contributed by atoms with Gasteiger partial charge in [-0.25, -0.2) is 4.79 Å². The molecule has 0 bridgehead atoms. The topological polar surface area (TPSA) is 52.6 Å². The van der Waals surface area contributed by atoms with Gasteiger partial charge in [-0.2, -0.15) is 0 Å². The van der Waals surface area contributed by atoms with Crippen molar-refractivity contribution < 1.29 is 9.90 Å². The Morgan fingerprint density at radius 2 is 1.95 bits per heavy atom. The minimum Gasteiger partial charge on any atom is -0.388 e. The number of urea groups is 1. The normalized spacial score (nSPS) is 15.9. The average Bonchev–Trinajstić information content (AvgIpc) is 2.47. The molecule has 0 spiro atoms. The van der Waals surface area contributed by atoms with Gasteiger partial charge < -0.3 is 15.3 Å². The highest BCUT2D eigenvalue weighted by molar-refractivity contribution is 5.92. The molecule has 1 aliphatic rings. The molecule has 21 heavy (non-hydrogen) atoms. The van der Waals surface area contributed by atoms with Gasteiger partial charge in [0.25, 0.3) is 0 Å². The Morgan fingerprint density at radius 3 is 2.57 bits per heavy atom. The number of rotatable bonds is 6. The van der Waals surface area contributed by atoms with E-state index in [1.165, 1.54) is 0 Å². The summed E-state index contributed by atoms with van der Waals surface area (Å²) in [7, 11) is 1.78. The zero-order valence-corrected chi connectivity index (χ0v) is 13.2. The van der Waals surface area contributed by atoms with Gasteiger partial charge in [-0.1, -0.05) is 32.8 Å². The fourth-order valence-corrected chi connectivity index (χ4v) is 3.06. The van der Waals surface area contributed by atoms with E-state index in [1.54, 1.807) is 11.9 Å². The predicted molar refractivity (Wildman–Crippen MR) is 85.2 cm³/mol. The molecule has 1 aromatic carbocycles. The molecule has 2 amide bonds. The lowest BCUT2D eigenvalue weighted by molar-refractivity contribution is 0.0963. The Labute approximate surface area is 127 Å². The van der Waals surface area contributed by atoms with Crippen LogP contribution < -0.4 is 5.32 Å². The quantitative estimate of drug-likeness (QED) is 0.834. The smallest absolute Gasteiger partial charge is 0.321 e. The number of carbonyl (C=O) groups is 1. The molecule has 2 rings (SSSR count). The third-order valence-electron chi connectivity index (χ3n) is 4.23. The number of hydrogen-bond donors (Lipinski definition) is 2. The second-order valence-electron chi connectivity index (χ2n) is 5.99. The van der Waals surface area contributed by atoms with Gasteiger partial charge in [0.05, 0.1) is 6.10 Å². The van der Waals surface area contributed by atoms with Crippen molar-refractivity contribution in [1.29, 1.82) is 0 Å². The average molecular weight is 290 g/mol. The number of hydrogen-bond acceptors (Lipinski definition) is 2. The van der Waals surface area contributed by atoms with E-state index in [4.69, 9.17) is 0 Å². The number of carbonyl (C=O) groups excluding carboxylic acids is 1. The summed E-state index contributed by atoms with van der Waals surface area (Å²) in [6, 6.07) is 5.81. The van der Waals surface area contributed by atoms with Crippen LogP contribution in [0, 0.1) is 5.92 Å². The lowest BCUT2D eigenvalue weighted by atomic mass is 9.87. The van der Waals surface area contributed by atoms with Gasteiger partial charge >= 0.3 is 6.03 Å². The number of fused-ring (bicyclic) bond motifs is 1. The first-order chi connectivity index (χ1) is 10.1. The summed E-state index contributed by atoms with van der Waals surface area (Å²) in [5, 5.41) is 13.5. The molecule has 0 aliphatic carbocycles. The zero-order chi connectivity index (χ0) is 15.4. The Balaban J connectivity index is 2.20. The third-order valence-corrected chi connectivity index (χ3v) is 4.23. The first-order valence-electron chi connectivity index (χ1n) is 7.89. The zero-order valence-electron chi connectivity index (χ0n) is 13.2. The van der Waals surface area contributed by atoms with Crippen LogP contribution in [0.2, 0.25) is 0 Å². The summed E-state index contributed by atoms with van der Waals surface area (Å²) >= 11 is 0. The molecular formula is C17H26N2O2. The van der Waals surface area contributed by atoms with Crippen LogP contribution >= 0.6 is 0 Å². The van der Waals surface area contributed by atoms with Crippen LogP contribution in [-0.4, -0.2) is 23.1 Å². The van der Waals surface area contributed by atoms with Crippen molar-refractivity contribution >= 4 is 11.7 Å². The minimum absolute atomic E-state index is 0.0781. The van der Waals surface area contributed by atoms with E-state index >= 15 is 0 Å². The number of amides is 2. The van der Waals surface area contributed by atoms with Crippen molar-refractivity contribution in [3.63, 3.8) is 0 Å². The van der Waals surface area contributed by atoms with Crippen molar-refractivity contribution in [2.45, 2.75) is 52.2 Å². The minimum atomic E-state index is -0.418. The first kappa shape index (κ1) is 15.8. The number of nitrogens with one attached hydrogen (secondary N) is 1. The molecule has 116 valence electrons. The highest BCUT2D eigenvalue weighted by Crippen LogP contribution is 2.32. The number of aliphatic hydroxyl groups excluding tert-OH is 1. The second kappa shape index (κ2) is 6.94. The van der Waals surface area contributed by atoms with Crippen molar-refractivity contribution in [3.8, 4) is 0 Å². The lowest BCUT2D eigenvalue weighted by Gasteiger charge is -2.28. The Bertz CT molecular complexity index is 496. The summed E-state index contributed by atoms with van der Waals surface area (Å²) in [6.07, 6.45) is 3.85. The molecule has 1 heterocycles. The molecule has 0 saturated heterocycles. The van der Waals surface area contributed by atoms with Crippen LogP contribution in [-0.2, 0) is 6.54 Å². The summed E-state index contributed by atoms with van der Waals surface area (Å²) in [5.41, 5.74) is 2.89. The van der Waals surface area contributed by atoms with E-state index in [9.17, 15) is 9.90 Å². The summed E-state index contributed by atoms with van der Waals surface area (Å²) in [4.78, 5) is 13.3. The second-order valence-corrected chi connectivity index (χ2v) is 5.99. The van der Waals surface area contributed by atoms with Crippen molar-refractivity contribution in [2.75, 3.05) is 12.4 Å². The van der Waals surface area contributed by atoms with Crippen LogP contribution in [0.3, 0.4) is 0 Å². The van der Waals surface area contributed by atoms with E-state index in [-0.39, 0.29) is 6.03 Å². The maximum absolute atomic E-state index is 11.6. The number of anilines is 1. The van der Waals surface area contributed by atoms with Gasteiger partial charge in [-0.3, -0.25) is 0 Å². The van der Waals surface area contributed by atoms with E-state index in [2.05, 4.69) is 19.2 Å². The maximum atomic E-state index is 11.6. The Morgan fingerprint density at radius 1 is 1.29 bits per heavy atom. The van der Waals surface area contributed by atoms with Crippen LogP contribution in [0.15, 0.2) is 18.2 Å². The molecule has 0 saturated carbocycles. The largest absolute Gasteiger partial charge is 0.388 e. The molecule has 4 nitrogen and oxygen atoms in total. The molecule has 0 radical (unpaired) electrons. The van der Waals surface area contributed by atoms with Crippen LogP contribution in [0.1, 0.15) is 56.8 Å². The van der Waals surface area contributed by atoms with Crippen LogP contribution in [0.25, 0.3) is 0 Å². The number of benzene rings is 1. The summed E-state index contributed by atoms with van der Waals surface area (Å²) < 4.78 is 0. The van der Waals surface area contributed by atoms with Gasteiger partial charge in [0, 0.05) is 19.3 Å². The Hall–Kier alpha value is -1.55. The SMILES string of the molecule is CCCC(CCC)C(O)c1ccc2c(c1)CN(C)C(=O)N2. The molecular weight excluding hydrogens is 264 g/mol. The van der Waals surface area contributed by atoms with Gasteiger partial charge in [-0.15, -0.1) is 0 Å². The van der Waals surface area contributed by atoms with Gasteiger partial charge in [0.15, 0.2) is 0 Å². The van der Waals surface area contributed by atoms with Gasteiger partial charge in [0.1, 0.15) is 0 Å². The molecule has 1 aromatic rings. The van der Waals surface area contributed by atoms with Crippen molar-refractivity contribution in [2.24, 2.45) is 5.92 Å². The van der Waals surface area contributed by atoms with Crippen molar-refractivity contribution in [3.05, 3.63) is 29.3 Å².